The number of hydrogen-bond donors (Lipinski definition) is 1. The number of benzene rings is 1. The van der Waals surface area contributed by atoms with Crippen LogP contribution in [0.5, 0.6) is 5.75 Å². The SMILES string of the molecule is COc1ccc(CCN2CC(CN)OCC2=O)cc1. The van der Waals surface area contributed by atoms with Crippen molar-refractivity contribution in [2.24, 2.45) is 5.73 Å². The zero-order valence-electron chi connectivity index (χ0n) is 11.2. The highest BCUT2D eigenvalue weighted by Gasteiger charge is 2.24. The molecule has 5 heteroatoms. The molecule has 1 atom stereocenters. The maximum Gasteiger partial charge on any atom is 0.248 e. The topological polar surface area (TPSA) is 64.8 Å². The highest BCUT2D eigenvalue weighted by atomic mass is 16.5. The Bertz CT molecular complexity index is 419. The van der Waals surface area contributed by atoms with Gasteiger partial charge in [-0.25, -0.2) is 0 Å². The van der Waals surface area contributed by atoms with Gasteiger partial charge in [-0.15, -0.1) is 0 Å². The third-order valence-corrected chi connectivity index (χ3v) is 3.31. The highest BCUT2D eigenvalue weighted by Crippen LogP contribution is 2.13. The molecule has 1 amide bonds. The van der Waals surface area contributed by atoms with E-state index in [4.69, 9.17) is 15.2 Å². The van der Waals surface area contributed by atoms with E-state index in [1.807, 2.05) is 29.2 Å². The average Bonchev–Trinajstić information content (AvgIpc) is 2.47. The number of methoxy groups -OCH3 is 1. The number of carbonyl (C=O) groups excluding carboxylic acids is 1. The van der Waals surface area contributed by atoms with Crippen LogP contribution in [0.4, 0.5) is 0 Å². The Morgan fingerprint density at radius 1 is 1.42 bits per heavy atom. The van der Waals surface area contributed by atoms with Crippen LogP contribution in [0.1, 0.15) is 5.56 Å². The number of carbonyl (C=O) groups is 1. The van der Waals surface area contributed by atoms with Crippen molar-refractivity contribution >= 4 is 5.91 Å². The van der Waals surface area contributed by atoms with Crippen molar-refractivity contribution in [2.45, 2.75) is 12.5 Å². The standard InChI is InChI=1S/C14H20N2O3/c1-18-12-4-2-11(3-5-12)6-7-16-9-13(8-15)19-10-14(16)17/h2-5,13H,6-10,15H2,1H3. The van der Waals surface area contributed by atoms with Gasteiger partial charge in [-0.3, -0.25) is 4.79 Å². The quantitative estimate of drug-likeness (QED) is 0.837. The molecular formula is C14H20N2O3. The number of morpholine rings is 1. The number of nitrogens with zero attached hydrogens (tertiary/aromatic N) is 1. The summed E-state index contributed by atoms with van der Waals surface area (Å²) in [4.78, 5) is 13.5. The summed E-state index contributed by atoms with van der Waals surface area (Å²) in [7, 11) is 1.65. The molecule has 0 aliphatic carbocycles. The summed E-state index contributed by atoms with van der Waals surface area (Å²) in [5, 5.41) is 0. The molecule has 1 aromatic rings. The first-order valence-corrected chi connectivity index (χ1v) is 6.45. The van der Waals surface area contributed by atoms with Crippen LogP contribution in [0.25, 0.3) is 0 Å². The number of nitrogens with two attached hydrogens (primary N) is 1. The molecule has 1 aromatic carbocycles. The van der Waals surface area contributed by atoms with Crippen molar-refractivity contribution in [1.29, 1.82) is 0 Å². The molecule has 2 rings (SSSR count). The zero-order chi connectivity index (χ0) is 13.7. The summed E-state index contributed by atoms with van der Waals surface area (Å²) in [5.41, 5.74) is 6.76. The Balaban J connectivity index is 1.87. The molecule has 1 heterocycles. The van der Waals surface area contributed by atoms with E-state index >= 15 is 0 Å². The minimum Gasteiger partial charge on any atom is -0.497 e. The predicted molar refractivity (Wildman–Crippen MR) is 72.1 cm³/mol. The van der Waals surface area contributed by atoms with E-state index in [9.17, 15) is 4.79 Å². The van der Waals surface area contributed by atoms with Crippen LogP contribution in [-0.2, 0) is 16.0 Å². The van der Waals surface area contributed by atoms with Crippen LogP contribution in [0.2, 0.25) is 0 Å². The van der Waals surface area contributed by atoms with E-state index in [1.54, 1.807) is 7.11 Å². The van der Waals surface area contributed by atoms with Gasteiger partial charge >= 0.3 is 0 Å². The molecule has 1 aliphatic heterocycles. The predicted octanol–water partition coefficient (Wildman–Crippen LogP) is 0.424. The van der Waals surface area contributed by atoms with Crippen LogP contribution < -0.4 is 10.5 Å². The first-order chi connectivity index (χ1) is 9.22. The van der Waals surface area contributed by atoms with Gasteiger partial charge in [-0.05, 0) is 24.1 Å². The smallest absolute Gasteiger partial charge is 0.248 e. The zero-order valence-corrected chi connectivity index (χ0v) is 11.2. The summed E-state index contributed by atoms with van der Waals surface area (Å²) < 4.78 is 10.4. The van der Waals surface area contributed by atoms with Gasteiger partial charge in [0.15, 0.2) is 0 Å². The van der Waals surface area contributed by atoms with Crippen molar-refractivity contribution in [3.8, 4) is 5.75 Å². The molecule has 5 nitrogen and oxygen atoms in total. The van der Waals surface area contributed by atoms with Gasteiger partial charge in [-0.2, -0.15) is 0 Å². The van der Waals surface area contributed by atoms with E-state index < -0.39 is 0 Å². The molecule has 0 bridgehead atoms. The van der Waals surface area contributed by atoms with Gasteiger partial charge in [0.1, 0.15) is 12.4 Å². The Labute approximate surface area is 113 Å². The van der Waals surface area contributed by atoms with Crippen molar-refractivity contribution in [2.75, 3.05) is 33.4 Å². The van der Waals surface area contributed by atoms with Crippen molar-refractivity contribution in [3.05, 3.63) is 29.8 Å². The van der Waals surface area contributed by atoms with Crippen LogP contribution in [0.15, 0.2) is 24.3 Å². The summed E-state index contributed by atoms with van der Waals surface area (Å²) in [5.74, 6) is 0.882. The lowest BCUT2D eigenvalue weighted by molar-refractivity contribution is -0.148. The first kappa shape index (κ1) is 13.8. The summed E-state index contributed by atoms with van der Waals surface area (Å²) >= 11 is 0. The molecule has 1 aliphatic rings. The lowest BCUT2D eigenvalue weighted by Crippen LogP contribution is -2.49. The Morgan fingerprint density at radius 2 is 2.16 bits per heavy atom. The van der Waals surface area contributed by atoms with Gasteiger partial charge in [0, 0.05) is 19.6 Å². The maximum atomic E-state index is 11.7. The second kappa shape index (κ2) is 6.54. The number of amides is 1. The third-order valence-electron chi connectivity index (χ3n) is 3.31. The van der Waals surface area contributed by atoms with Crippen molar-refractivity contribution in [1.82, 2.24) is 4.90 Å². The average molecular weight is 264 g/mol. The molecular weight excluding hydrogens is 244 g/mol. The Kier molecular flexibility index (Phi) is 4.76. The minimum absolute atomic E-state index is 0.0337. The van der Waals surface area contributed by atoms with Crippen LogP contribution in [-0.4, -0.2) is 50.3 Å². The fourth-order valence-electron chi connectivity index (χ4n) is 2.10. The number of hydrogen-bond acceptors (Lipinski definition) is 4. The van der Waals surface area contributed by atoms with Crippen molar-refractivity contribution < 1.29 is 14.3 Å². The van der Waals surface area contributed by atoms with E-state index in [0.717, 1.165) is 12.2 Å². The van der Waals surface area contributed by atoms with Gasteiger partial charge < -0.3 is 20.1 Å². The van der Waals surface area contributed by atoms with Crippen LogP contribution >= 0.6 is 0 Å². The lowest BCUT2D eigenvalue weighted by atomic mass is 10.1. The second-order valence-electron chi connectivity index (χ2n) is 4.61. The normalized spacial score (nSPS) is 19.6. The fraction of sp³-hybridized carbons (Fsp3) is 0.500. The minimum atomic E-state index is -0.0337. The van der Waals surface area contributed by atoms with Gasteiger partial charge in [0.05, 0.1) is 13.2 Å². The molecule has 1 fully saturated rings. The molecule has 2 N–H and O–H groups in total. The number of ether oxygens (including phenoxy) is 2. The second-order valence-corrected chi connectivity index (χ2v) is 4.61. The summed E-state index contributed by atoms with van der Waals surface area (Å²) in [6.45, 7) is 1.88. The molecule has 19 heavy (non-hydrogen) atoms. The van der Waals surface area contributed by atoms with Crippen LogP contribution in [0, 0.1) is 0 Å². The molecule has 1 saturated heterocycles. The molecule has 0 saturated carbocycles. The van der Waals surface area contributed by atoms with Gasteiger partial charge in [0.2, 0.25) is 5.91 Å². The summed E-state index contributed by atoms with van der Waals surface area (Å²) in [6.07, 6.45) is 0.793. The molecule has 1 unspecified atom stereocenters. The molecule has 0 spiro atoms. The Hall–Kier alpha value is -1.59. The van der Waals surface area contributed by atoms with Gasteiger partial charge in [0.25, 0.3) is 0 Å². The largest absolute Gasteiger partial charge is 0.497 e. The molecule has 0 aromatic heterocycles. The monoisotopic (exact) mass is 264 g/mol. The van der Waals surface area contributed by atoms with Crippen LogP contribution in [0.3, 0.4) is 0 Å². The van der Waals surface area contributed by atoms with Crippen molar-refractivity contribution in [3.63, 3.8) is 0 Å². The lowest BCUT2D eigenvalue weighted by Gasteiger charge is -2.32. The molecule has 104 valence electrons. The summed E-state index contributed by atoms with van der Waals surface area (Å²) in [6, 6.07) is 7.90. The van der Waals surface area contributed by atoms with Gasteiger partial charge in [-0.1, -0.05) is 12.1 Å². The third kappa shape index (κ3) is 3.68. The first-order valence-electron chi connectivity index (χ1n) is 6.45. The van der Waals surface area contributed by atoms with E-state index in [1.165, 1.54) is 5.56 Å². The molecule has 0 radical (unpaired) electrons. The Morgan fingerprint density at radius 3 is 2.79 bits per heavy atom. The highest BCUT2D eigenvalue weighted by molar-refractivity contribution is 5.78. The number of rotatable bonds is 5. The van der Waals surface area contributed by atoms with E-state index in [-0.39, 0.29) is 18.6 Å². The fourth-order valence-corrected chi connectivity index (χ4v) is 2.10. The maximum absolute atomic E-state index is 11.7. The van der Waals surface area contributed by atoms with E-state index in [2.05, 4.69) is 0 Å². The van der Waals surface area contributed by atoms with E-state index in [0.29, 0.717) is 19.6 Å².